The van der Waals surface area contributed by atoms with Crippen molar-refractivity contribution in [3.63, 3.8) is 0 Å². The number of aryl methyl sites for hydroxylation is 2. The Balaban J connectivity index is 1.81. The fourth-order valence-electron chi connectivity index (χ4n) is 2.51. The van der Waals surface area contributed by atoms with Gasteiger partial charge < -0.3 is 10.1 Å². The standard InChI is InChI=1S/C19H19N3O2/c1-13-4-9-18(24-3)17(12-13)21-19(23)15-5-7-16(8-6-15)22-14(2)10-11-20-22/h4-12H,1-3H3,(H,21,23). The number of carbonyl (C=O) groups is 1. The molecule has 0 saturated heterocycles. The molecule has 0 aliphatic carbocycles. The summed E-state index contributed by atoms with van der Waals surface area (Å²) < 4.78 is 7.12. The normalized spacial score (nSPS) is 10.5. The number of ether oxygens (including phenoxy) is 1. The lowest BCUT2D eigenvalue weighted by Gasteiger charge is -2.11. The maximum atomic E-state index is 12.5. The van der Waals surface area contributed by atoms with Gasteiger partial charge in [-0.3, -0.25) is 4.79 Å². The van der Waals surface area contributed by atoms with Crippen LogP contribution in [0.5, 0.6) is 5.75 Å². The number of carbonyl (C=O) groups excluding carboxylic acids is 1. The molecule has 122 valence electrons. The van der Waals surface area contributed by atoms with E-state index in [9.17, 15) is 4.79 Å². The van der Waals surface area contributed by atoms with E-state index in [2.05, 4.69) is 10.4 Å². The van der Waals surface area contributed by atoms with Crippen molar-refractivity contribution in [2.75, 3.05) is 12.4 Å². The van der Waals surface area contributed by atoms with Gasteiger partial charge in [0.05, 0.1) is 18.5 Å². The first-order chi connectivity index (χ1) is 11.6. The van der Waals surface area contributed by atoms with Crippen LogP contribution in [-0.2, 0) is 0 Å². The number of methoxy groups -OCH3 is 1. The van der Waals surface area contributed by atoms with Crippen LogP contribution in [0.3, 0.4) is 0 Å². The molecule has 0 aliphatic rings. The third-order valence-corrected chi connectivity index (χ3v) is 3.81. The Morgan fingerprint density at radius 3 is 2.46 bits per heavy atom. The molecule has 1 heterocycles. The molecule has 1 amide bonds. The highest BCUT2D eigenvalue weighted by Crippen LogP contribution is 2.25. The van der Waals surface area contributed by atoms with Crippen molar-refractivity contribution >= 4 is 11.6 Å². The zero-order valence-corrected chi connectivity index (χ0v) is 13.9. The number of anilines is 1. The van der Waals surface area contributed by atoms with Crippen LogP contribution in [0.4, 0.5) is 5.69 Å². The summed E-state index contributed by atoms with van der Waals surface area (Å²) in [6.07, 6.45) is 1.75. The number of nitrogens with zero attached hydrogens (tertiary/aromatic N) is 2. The molecule has 5 nitrogen and oxygen atoms in total. The molecule has 0 bridgehead atoms. The molecular weight excluding hydrogens is 302 g/mol. The Labute approximate surface area is 140 Å². The van der Waals surface area contributed by atoms with E-state index in [1.54, 1.807) is 25.4 Å². The summed E-state index contributed by atoms with van der Waals surface area (Å²) in [6, 6.07) is 14.9. The highest BCUT2D eigenvalue weighted by Gasteiger charge is 2.10. The summed E-state index contributed by atoms with van der Waals surface area (Å²) in [6.45, 7) is 3.95. The van der Waals surface area contributed by atoms with Crippen LogP contribution >= 0.6 is 0 Å². The number of benzene rings is 2. The second-order valence-electron chi connectivity index (χ2n) is 5.59. The molecular formula is C19H19N3O2. The van der Waals surface area contributed by atoms with Gasteiger partial charge in [0.1, 0.15) is 5.75 Å². The second-order valence-corrected chi connectivity index (χ2v) is 5.59. The molecule has 0 unspecified atom stereocenters. The SMILES string of the molecule is COc1ccc(C)cc1NC(=O)c1ccc(-n2nccc2C)cc1. The van der Waals surface area contributed by atoms with Crippen LogP contribution in [0, 0.1) is 13.8 Å². The average molecular weight is 321 g/mol. The molecule has 0 radical (unpaired) electrons. The number of amides is 1. The molecule has 24 heavy (non-hydrogen) atoms. The number of aromatic nitrogens is 2. The molecule has 0 saturated carbocycles. The fourth-order valence-corrected chi connectivity index (χ4v) is 2.51. The Kier molecular flexibility index (Phi) is 4.33. The fraction of sp³-hybridized carbons (Fsp3) is 0.158. The van der Waals surface area contributed by atoms with E-state index < -0.39 is 0 Å². The van der Waals surface area contributed by atoms with E-state index in [-0.39, 0.29) is 5.91 Å². The topological polar surface area (TPSA) is 56.1 Å². The van der Waals surface area contributed by atoms with Crippen LogP contribution < -0.4 is 10.1 Å². The Hall–Kier alpha value is -3.08. The molecule has 1 N–H and O–H groups in total. The molecule has 0 spiro atoms. The predicted molar refractivity (Wildman–Crippen MR) is 94.0 cm³/mol. The van der Waals surface area contributed by atoms with Gasteiger partial charge in [-0.2, -0.15) is 5.10 Å². The van der Waals surface area contributed by atoms with Gasteiger partial charge in [0.2, 0.25) is 0 Å². The van der Waals surface area contributed by atoms with E-state index >= 15 is 0 Å². The summed E-state index contributed by atoms with van der Waals surface area (Å²) in [4.78, 5) is 12.5. The molecule has 2 aromatic carbocycles. The van der Waals surface area contributed by atoms with Crippen molar-refractivity contribution in [3.8, 4) is 11.4 Å². The molecule has 0 aliphatic heterocycles. The lowest BCUT2D eigenvalue weighted by molar-refractivity contribution is 0.102. The summed E-state index contributed by atoms with van der Waals surface area (Å²) in [5.41, 5.74) is 4.25. The van der Waals surface area contributed by atoms with E-state index in [4.69, 9.17) is 4.74 Å². The Morgan fingerprint density at radius 2 is 1.83 bits per heavy atom. The minimum Gasteiger partial charge on any atom is -0.495 e. The van der Waals surface area contributed by atoms with Crippen molar-refractivity contribution in [1.29, 1.82) is 0 Å². The number of hydrogen-bond acceptors (Lipinski definition) is 3. The van der Waals surface area contributed by atoms with Crippen LogP contribution in [0.2, 0.25) is 0 Å². The Bertz CT molecular complexity index is 867. The minimum atomic E-state index is -0.178. The third-order valence-electron chi connectivity index (χ3n) is 3.81. The van der Waals surface area contributed by atoms with Gasteiger partial charge >= 0.3 is 0 Å². The summed E-state index contributed by atoms with van der Waals surface area (Å²) in [5, 5.41) is 7.16. The summed E-state index contributed by atoms with van der Waals surface area (Å²) in [5.74, 6) is 0.459. The number of nitrogens with one attached hydrogen (secondary N) is 1. The zero-order valence-electron chi connectivity index (χ0n) is 13.9. The second kappa shape index (κ2) is 6.58. The summed E-state index contributed by atoms with van der Waals surface area (Å²) >= 11 is 0. The number of hydrogen-bond donors (Lipinski definition) is 1. The largest absolute Gasteiger partial charge is 0.495 e. The van der Waals surface area contributed by atoms with Crippen LogP contribution in [0.25, 0.3) is 5.69 Å². The maximum absolute atomic E-state index is 12.5. The predicted octanol–water partition coefficient (Wildman–Crippen LogP) is 3.75. The van der Waals surface area contributed by atoms with Gasteiger partial charge in [0.15, 0.2) is 0 Å². The molecule has 5 heteroatoms. The lowest BCUT2D eigenvalue weighted by Crippen LogP contribution is -2.13. The molecule has 3 aromatic rings. The molecule has 1 aromatic heterocycles. The van der Waals surface area contributed by atoms with Gasteiger partial charge in [-0.05, 0) is 61.9 Å². The van der Waals surface area contributed by atoms with Gasteiger partial charge in [0, 0.05) is 17.5 Å². The van der Waals surface area contributed by atoms with Crippen molar-refractivity contribution in [2.24, 2.45) is 0 Å². The van der Waals surface area contributed by atoms with E-state index in [1.807, 2.05) is 54.9 Å². The van der Waals surface area contributed by atoms with Gasteiger partial charge in [-0.1, -0.05) is 6.07 Å². The smallest absolute Gasteiger partial charge is 0.255 e. The van der Waals surface area contributed by atoms with Gasteiger partial charge in [-0.25, -0.2) is 4.68 Å². The molecule has 0 atom stereocenters. The maximum Gasteiger partial charge on any atom is 0.255 e. The van der Waals surface area contributed by atoms with Crippen molar-refractivity contribution in [2.45, 2.75) is 13.8 Å². The van der Waals surface area contributed by atoms with E-state index in [0.717, 1.165) is 16.9 Å². The van der Waals surface area contributed by atoms with Crippen molar-refractivity contribution in [1.82, 2.24) is 9.78 Å². The lowest BCUT2D eigenvalue weighted by atomic mass is 10.1. The highest BCUT2D eigenvalue weighted by molar-refractivity contribution is 6.05. The van der Waals surface area contributed by atoms with Crippen LogP contribution in [0.15, 0.2) is 54.7 Å². The first-order valence-corrected chi connectivity index (χ1v) is 7.65. The monoisotopic (exact) mass is 321 g/mol. The minimum absolute atomic E-state index is 0.178. The summed E-state index contributed by atoms with van der Waals surface area (Å²) in [7, 11) is 1.58. The van der Waals surface area contributed by atoms with Gasteiger partial charge in [0.25, 0.3) is 5.91 Å². The molecule has 3 rings (SSSR count). The van der Waals surface area contributed by atoms with Gasteiger partial charge in [-0.15, -0.1) is 0 Å². The van der Waals surface area contributed by atoms with Crippen LogP contribution in [0.1, 0.15) is 21.6 Å². The zero-order chi connectivity index (χ0) is 17.1. The van der Waals surface area contributed by atoms with Crippen molar-refractivity contribution in [3.05, 3.63) is 71.5 Å². The number of rotatable bonds is 4. The van der Waals surface area contributed by atoms with E-state index in [1.165, 1.54) is 0 Å². The first-order valence-electron chi connectivity index (χ1n) is 7.65. The van der Waals surface area contributed by atoms with Crippen molar-refractivity contribution < 1.29 is 9.53 Å². The first kappa shape index (κ1) is 15.8. The highest BCUT2D eigenvalue weighted by atomic mass is 16.5. The third kappa shape index (κ3) is 3.15. The van der Waals surface area contributed by atoms with Crippen LogP contribution in [-0.4, -0.2) is 22.8 Å². The molecule has 0 fully saturated rings. The quantitative estimate of drug-likeness (QED) is 0.796. The van der Waals surface area contributed by atoms with E-state index in [0.29, 0.717) is 17.0 Å². The Morgan fingerprint density at radius 1 is 1.08 bits per heavy atom. The average Bonchev–Trinajstić information content (AvgIpc) is 3.01.